The molecule has 0 aliphatic carbocycles. The fourth-order valence-electron chi connectivity index (χ4n) is 0.391. The summed E-state index contributed by atoms with van der Waals surface area (Å²) in [5.74, 6) is -1.90. The van der Waals surface area contributed by atoms with E-state index in [9.17, 15) is 9.59 Å². The van der Waals surface area contributed by atoms with Crippen LogP contribution >= 0.6 is 0 Å². The van der Waals surface area contributed by atoms with Crippen LogP contribution < -0.4 is 59.1 Å². The molecule has 0 spiro atoms. The molecule has 0 aromatic heterocycles. The first-order chi connectivity index (χ1) is 4.13. The summed E-state index contributed by atoms with van der Waals surface area (Å²) >= 11 is 0. The zero-order valence-electron chi connectivity index (χ0n) is 8.83. The molecule has 0 bridgehead atoms. The summed E-state index contributed by atoms with van der Waals surface area (Å²) < 4.78 is 0. The summed E-state index contributed by atoms with van der Waals surface area (Å²) in [6, 6.07) is 0. The van der Waals surface area contributed by atoms with Crippen molar-refractivity contribution in [2.75, 3.05) is 0 Å². The number of hydrogen-bond donors (Lipinski definition) is 2. The normalized spacial score (nSPS) is 7.27. The van der Waals surface area contributed by atoms with Gasteiger partial charge in [0.25, 0.3) is 0 Å². The maximum atomic E-state index is 9.79. The Morgan fingerprint density at radius 2 is 1.27 bits per heavy atom. The molecule has 0 radical (unpaired) electrons. The van der Waals surface area contributed by atoms with E-state index < -0.39 is 11.9 Å². The van der Waals surface area contributed by atoms with Gasteiger partial charge in [-0.15, -0.1) is 0 Å². The molecule has 0 amide bonds. The van der Waals surface area contributed by atoms with Crippen molar-refractivity contribution in [1.82, 2.24) is 0 Å². The van der Waals surface area contributed by atoms with Crippen molar-refractivity contribution in [1.29, 1.82) is 0 Å². The minimum absolute atomic E-state index is 0. The fraction of sp³-hybridized carbons (Fsp3) is 0.600. The van der Waals surface area contributed by atoms with E-state index in [0.717, 1.165) is 0 Å². The number of aliphatic carboxylic acids is 2. The van der Waals surface area contributed by atoms with Crippen LogP contribution in [0.2, 0.25) is 0 Å². The molecule has 0 saturated heterocycles. The smallest absolute Gasteiger partial charge is 1.00 e. The second-order valence-electron chi connectivity index (χ2n) is 1.64. The van der Waals surface area contributed by atoms with Crippen LogP contribution in [0.4, 0.5) is 0 Å². The predicted octanol–water partition coefficient (Wildman–Crippen LogP) is -5.44. The molecule has 0 saturated carbocycles. The van der Waals surface area contributed by atoms with Crippen LogP contribution in [0.3, 0.4) is 0 Å². The molecule has 6 heteroatoms. The van der Waals surface area contributed by atoms with E-state index in [1.54, 1.807) is 0 Å². The minimum atomic E-state index is -0.948. The molecule has 11 heavy (non-hydrogen) atoms. The molecular weight excluding hydrogens is 170 g/mol. The van der Waals surface area contributed by atoms with E-state index >= 15 is 0 Å². The molecule has 0 aromatic rings. The van der Waals surface area contributed by atoms with E-state index in [1.807, 2.05) is 0 Å². The maximum absolute atomic E-state index is 9.79. The zero-order valence-corrected chi connectivity index (χ0v) is 10.8. The molecule has 0 fully saturated rings. The minimum Gasteiger partial charge on any atom is -1.00 e. The molecule has 0 aliphatic heterocycles. The molecule has 0 heterocycles. The average molecular weight is 180 g/mol. The first-order valence-corrected chi connectivity index (χ1v) is 2.56. The Bertz CT molecular complexity index is 120. The number of hydrogen-bond acceptors (Lipinski definition) is 2. The molecule has 4 nitrogen and oxygen atoms in total. The van der Waals surface area contributed by atoms with Crippen molar-refractivity contribution in [2.24, 2.45) is 0 Å². The summed E-state index contributed by atoms with van der Waals surface area (Å²) in [7, 11) is 0. The largest absolute Gasteiger partial charge is 1.00 e. The van der Waals surface area contributed by atoms with Gasteiger partial charge in [0, 0.05) is 12.8 Å². The third-order valence-electron chi connectivity index (χ3n) is 0.781. The molecule has 2 N–H and O–H groups in total. The Balaban J connectivity index is -0.0000000533. The first-order valence-electron chi connectivity index (χ1n) is 2.56. The topological polar surface area (TPSA) is 74.6 Å². The Morgan fingerprint density at radius 1 is 1.00 bits per heavy atom. The zero-order chi connectivity index (χ0) is 7.28. The van der Waals surface area contributed by atoms with Gasteiger partial charge in [0.1, 0.15) is 0 Å². The van der Waals surface area contributed by atoms with E-state index in [-0.39, 0.29) is 81.2 Å². The van der Waals surface area contributed by atoms with Gasteiger partial charge < -0.3 is 13.1 Å². The van der Waals surface area contributed by atoms with Crippen LogP contribution in [0.25, 0.3) is 0 Å². The van der Waals surface area contributed by atoms with Crippen molar-refractivity contribution < 1.29 is 81.8 Å². The monoisotopic (exact) mass is 180 g/mol. The van der Waals surface area contributed by atoms with Gasteiger partial charge in [-0.25, -0.2) is 0 Å². The second kappa shape index (κ2) is 10.9. The van der Waals surface area contributed by atoms with E-state index in [0.29, 0.717) is 0 Å². The molecule has 0 unspecified atom stereocenters. The van der Waals surface area contributed by atoms with Crippen LogP contribution in [-0.2, 0) is 9.59 Å². The quantitative estimate of drug-likeness (QED) is 0.423. The SMILES string of the molecule is O=C(O)CCCC(=O)O.[H-].[H-].[Na+].[Na+]. The molecular formula is C5H10Na2O4. The Morgan fingerprint density at radius 3 is 1.45 bits per heavy atom. The Kier molecular flexibility index (Phi) is 17.8. The third-order valence-corrected chi connectivity index (χ3v) is 0.781. The van der Waals surface area contributed by atoms with Crippen molar-refractivity contribution in [3.05, 3.63) is 0 Å². The van der Waals surface area contributed by atoms with Gasteiger partial charge in [-0.05, 0) is 6.42 Å². The van der Waals surface area contributed by atoms with Gasteiger partial charge in [-0.1, -0.05) is 0 Å². The molecule has 0 aliphatic rings. The summed E-state index contributed by atoms with van der Waals surface area (Å²) in [6.45, 7) is 0. The second-order valence-corrected chi connectivity index (χ2v) is 1.64. The van der Waals surface area contributed by atoms with E-state index in [2.05, 4.69) is 0 Å². The summed E-state index contributed by atoms with van der Waals surface area (Å²) in [4.78, 5) is 19.6. The average Bonchev–Trinajstić information content (AvgIpc) is 1.63. The van der Waals surface area contributed by atoms with Gasteiger partial charge >= 0.3 is 71.1 Å². The van der Waals surface area contributed by atoms with Crippen molar-refractivity contribution >= 4 is 11.9 Å². The third kappa shape index (κ3) is 18.2. The van der Waals surface area contributed by atoms with Crippen molar-refractivity contribution in [2.45, 2.75) is 19.3 Å². The summed E-state index contributed by atoms with van der Waals surface area (Å²) in [5, 5.41) is 16.1. The summed E-state index contributed by atoms with van der Waals surface area (Å²) in [5.41, 5.74) is 0. The van der Waals surface area contributed by atoms with Gasteiger partial charge in [0.2, 0.25) is 0 Å². The molecule has 0 rings (SSSR count). The molecule has 56 valence electrons. The number of carbonyl (C=O) groups is 2. The Hall–Kier alpha value is 0.940. The predicted molar refractivity (Wildman–Crippen MR) is 31.3 cm³/mol. The van der Waals surface area contributed by atoms with Crippen LogP contribution in [0.5, 0.6) is 0 Å². The number of carboxylic acids is 2. The number of carboxylic acid groups (broad SMARTS) is 2. The van der Waals surface area contributed by atoms with Gasteiger partial charge in [0.15, 0.2) is 0 Å². The molecule has 0 atom stereocenters. The van der Waals surface area contributed by atoms with E-state index in [4.69, 9.17) is 10.2 Å². The van der Waals surface area contributed by atoms with Crippen LogP contribution in [-0.4, -0.2) is 22.2 Å². The number of rotatable bonds is 4. The van der Waals surface area contributed by atoms with Gasteiger partial charge in [-0.3, -0.25) is 9.59 Å². The first kappa shape index (κ1) is 17.9. The maximum Gasteiger partial charge on any atom is 1.00 e. The van der Waals surface area contributed by atoms with Gasteiger partial charge in [-0.2, -0.15) is 0 Å². The standard InChI is InChI=1S/C5H8O4.2Na.2H/c6-4(7)2-1-3-5(8)9;;;;/h1-3H2,(H,6,7)(H,8,9);;;;/q;2*+1;2*-1. The van der Waals surface area contributed by atoms with Crippen molar-refractivity contribution in [3.8, 4) is 0 Å². The van der Waals surface area contributed by atoms with Crippen molar-refractivity contribution in [3.63, 3.8) is 0 Å². The fourth-order valence-corrected chi connectivity index (χ4v) is 0.391. The summed E-state index contributed by atoms with van der Waals surface area (Å²) in [6.07, 6.45) is 0.0866. The van der Waals surface area contributed by atoms with E-state index in [1.165, 1.54) is 0 Å². The Labute approximate surface area is 112 Å². The van der Waals surface area contributed by atoms with Crippen LogP contribution in [0, 0.1) is 0 Å². The van der Waals surface area contributed by atoms with Crippen LogP contribution in [0.1, 0.15) is 22.1 Å². The molecule has 0 aromatic carbocycles. The van der Waals surface area contributed by atoms with Gasteiger partial charge in [0.05, 0.1) is 0 Å². The van der Waals surface area contributed by atoms with Crippen LogP contribution in [0.15, 0.2) is 0 Å².